The van der Waals surface area contributed by atoms with E-state index in [9.17, 15) is 0 Å². The summed E-state index contributed by atoms with van der Waals surface area (Å²) in [5, 5.41) is 12.6. The van der Waals surface area contributed by atoms with E-state index in [2.05, 4.69) is 53.6 Å². The summed E-state index contributed by atoms with van der Waals surface area (Å²) in [5.74, 6) is 0.967. The van der Waals surface area contributed by atoms with E-state index < -0.39 is 0 Å². The van der Waals surface area contributed by atoms with Gasteiger partial charge in [-0.05, 0) is 55.9 Å². The van der Waals surface area contributed by atoms with E-state index >= 15 is 0 Å². The van der Waals surface area contributed by atoms with Crippen LogP contribution in [0.3, 0.4) is 0 Å². The van der Waals surface area contributed by atoms with Crippen molar-refractivity contribution in [3.63, 3.8) is 0 Å². The van der Waals surface area contributed by atoms with Crippen LogP contribution in [0.4, 0.5) is 0 Å². The maximum absolute atomic E-state index is 4.37. The number of hydrogen-bond donors (Lipinski definition) is 0. The predicted molar refractivity (Wildman–Crippen MR) is 77.7 cm³/mol. The molecule has 20 heavy (non-hydrogen) atoms. The fourth-order valence-electron chi connectivity index (χ4n) is 3.27. The van der Waals surface area contributed by atoms with E-state index in [1.807, 2.05) is 16.8 Å². The standard InChI is InChI=1S/C15H21N5/c1-12-8-4-5-9-13(12)20-14(16-17-18-20)15(19(2)3)10-6-7-11-15/h4-5,8-9H,6-7,10-11H2,1-3H3. The topological polar surface area (TPSA) is 46.8 Å². The summed E-state index contributed by atoms with van der Waals surface area (Å²) in [6.45, 7) is 2.10. The molecule has 106 valence electrons. The third-order valence-corrected chi connectivity index (χ3v) is 4.52. The second kappa shape index (κ2) is 4.98. The molecule has 3 rings (SSSR count). The minimum absolute atomic E-state index is 0.0359. The van der Waals surface area contributed by atoms with Gasteiger partial charge in [0.2, 0.25) is 0 Å². The highest BCUT2D eigenvalue weighted by molar-refractivity contribution is 5.40. The zero-order valence-corrected chi connectivity index (χ0v) is 12.4. The van der Waals surface area contributed by atoms with Crippen LogP contribution in [0.1, 0.15) is 37.1 Å². The molecule has 0 radical (unpaired) electrons. The highest BCUT2D eigenvalue weighted by Crippen LogP contribution is 2.42. The molecule has 1 aliphatic rings. The monoisotopic (exact) mass is 271 g/mol. The lowest BCUT2D eigenvalue weighted by Crippen LogP contribution is -2.41. The number of benzene rings is 1. The van der Waals surface area contributed by atoms with E-state index in [0.29, 0.717) is 0 Å². The van der Waals surface area contributed by atoms with E-state index in [0.717, 1.165) is 24.4 Å². The van der Waals surface area contributed by atoms with Crippen LogP contribution in [0.5, 0.6) is 0 Å². The van der Waals surface area contributed by atoms with Crippen molar-refractivity contribution < 1.29 is 0 Å². The third kappa shape index (κ3) is 1.93. The number of nitrogens with zero attached hydrogens (tertiary/aromatic N) is 5. The van der Waals surface area contributed by atoms with Crippen molar-refractivity contribution >= 4 is 0 Å². The van der Waals surface area contributed by atoms with Crippen molar-refractivity contribution in [3.05, 3.63) is 35.7 Å². The molecule has 5 nitrogen and oxygen atoms in total. The first-order valence-electron chi connectivity index (χ1n) is 7.17. The van der Waals surface area contributed by atoms with Crippen LogP contribution in [0, 0.1) is 6.92 Å². The Morgan fingerprint density at radius 1 is 1.15 bits per heavy atom. The molecule has 1 saturated carbocycles. The molecule has 1 aromatic carbocycles. The largest absolute Gasteiger partial charge is 0.297 e. The molecular weight excluding hydrogens is 250 g/mol. The SMILES string of the molecule is Cc1ccccc1-n1nnnc1C1(N(C)C)CCCC1. The molecule has 0 amide bonds. The molecule has 5 heteroatoms. The Hall–Kier alpha value is -1.75. The molecule has 0 aliphatic heterocycles. The van der Waals surface area contributed by atoms with Gasteiger partial charge >= 0.3 is 0 Å². The highest BCUT2D eigenvalue weighted by atomic mass is 15.6. The van der Waals surface area contributed by atoms with Crippen molar-refractivity contribution in [2.75, 3.05) is 14.1 Å². The van der Waals surface area contributed by atoms with Crippen LogP contribution in [0.25, 0.3) is 5.69 Å². The van der Waals surface area contributed by atoms with Crippen LogP contribution in [-0.2, 0) is 5.54 Å². The summed E-state index contributed by atoms with van der Waals surface area (Å²) in [6, 6.07) is 8.25. The van der Waals surface area contributed by atoms with E-state index in [-0.39, 0.29) is 5.54 Å². The Labute approximate surface area is 119 Å². The highest BCUT2D eigenvalue weighted by Gasteiger charge is 2.42. The fraction of sp³-hybridized carbons (Fsp3) is 0.533. The van der Waals surface area contributed by atoms with Gasteiger partial charge in [0.1, 0.15) is 0 Å². The average Bonchev–Trinajstić information content (AvgIpc) is 3.08. The van der Waals surface area contributed by atoms with E-state index in [1.54, 1.807) is 0 Å². The molecule has 1 aliphatic carbocycles. The summed E-state index contributed by atoms with van der Waals surface area (Å²) in [7, 11) is 4.25. The molecular formula is C15H21N5. The summed E-state index contributed by atoms with van der Waals surface area (Å²) >= 11 is 0. The molecule has 2 aromatic rings. The van der Waals surface area contributed by atoms with E-state index in [1.165, 1.54) is 18.4 Å². The summed E-state index contributed by atoms with van der Waals surface area (Å²) in [6.07, 6.45) is 4.70. The first-order chi connectivity index (χ1) is 9.65. The minimum Gasteiger partial charge on any atom is -0.297 e. The number of aryl methyl sites for hydroxylation is 1. The molecule has 1 fully saturated rings. The Morgan fingerprint density at radius 2 is 1.85 bits per heavy atom. The lowest BCUT2D eigenvalue weighted by Gasteiger charge is -2.34. The zero-order chi connectivity index (χ0) is 14.2. The molecule has 1 heterocycles. The van der Waals surface area contributed by atoms with Crippen molar-refractivity contribution in [2.24, 2.45) is 0 Å². The van der Waals surface area contributed by atoms with Crippen LogP contribution < -0.4 is 0 Å². The Kier molecular flexibility index (Phi) is 3.30. The maximum atomic E-state index is 4.37. The van der Waals surface area contributed by atoms with Crippen molar-refractivity contribution in [3.8, 4) is 5.69 Å². The summed E-state index contributed by atoms with van der Waals surface area (Å²) < 4.78 is 1.92. The van der Waals surface area contributed by atoms with Crippen LogP contribution in [-0.4, -0.2) is 39.2 Å². The smallest absolute Gasteiger partial charge is 0.176 e. The molecule has 0 N–H and O–H groups in total. The molecule has 0 unspecified atom stereocenters. The van der Waals surface area contributed by atoms with Crippen molar-refractivity contribution in [2.45, 2.75) is 38.1 Å². The van der Waals surface area contributed by atoms with Gasteiger partial charge in [-0.15, -0.1) is 5.10 Å². The van der Waals surface area contributed by atoms with Crippen molar-refractivity contribution in [1.29, 1.82) is 0 Å². The zero-order valence-electron chi connectivity index (χ0n) is 12.4. The Balaban J connectivity index is 2.13. The average molecular weight is 271 g/mol. The van der Waals surface area contributed by atoms with Crippen LogP contribution in [0.2, 0.25) is 0 Å². The Bertz CT molecular complexity index is 596. The van der Waals surface area contributed by atoms with Gasteiger partial charge in [-0.25, -0.2) is 0 Å². The number of rotatable bonds is 3. The first kappa shape index (κ1) is 13.2. The number of aromatic nitrogens is 4. The van der Waals surface area contributed by atoms with Gasteiger partial charge in [-0.2, -0.15) is 4.68 Å². The second-order valence-electron chi connectivity index (χ2n) is 5.83. The normalized spacial score (nSPS) is 17.8. The maximum Gasteiger partial charge on any atom is 0.176 e. The first-order valence-corrected chi connectivity index (χ1v) is 7.17. The number of hydrogen-bond acceptors (Lipinski definition) is 4. The van der Waals surface area contributed by atoms with Gasteiger partial charge in [0.05, 0.1) is 11.2 Å². The van der Waals surface area contributed by atoms with E-state index in [4.69, 9.17) is 0 Å². The van der Waals surface area contributed by atoms with Crippen LogP contribution in [0.15, 0.2) is 24.3 Å². The number of para-hydroxylation sites is 1. The van der Waals surface area contributed by atoms with Gasteiger partial charge in [-0.3, -0.25) is 4.90 Å². The predicted octanol–water partition coefficient (Wildman–Crippen LogP) is 2.30. The van der Waals surface area contributed by atoms with Gasteiger partial charge in [0.15, 0.2) is 5.82 Å². The van der Waals surface area contributed by atoms with Crippen molar-refractivity contribution in [1.82, 2.24) is 25.1 Å². The second-order valence-corrected chi connectivity index (χ2v) is 5.83. The molecule has 0 saturated heterocycles. The fourth-order valence-corrected chi connectivity index (χ4v) is 3.27. The molecule has 1 aromatic heterocycles. The third-order valence-electron chi connectivity index (χ3n) is 4.52. The molecule has 0 atom stereocenters. The lowest BCUT2D eigenvalue weighted by molar-refractivity contribution is 0.143. The van der Waals surface area contributed by atoms with Crippen LogP contribution >= 0.6 is 0 Å². The van der Waals surface area contributed by atoms with Gasteiger partial charge in [0, 0.05) is 0 Å². The summed E-state index contributed by atoms with van der Waals surface area (Å²) in [4.78, 5) is 2.28. The number of tetrazole rings is 1. The molecule has 0 spiro atoms. The lowest BCUT2D eigenvalue weighted by atomic mass is 9.94. The van der Waals surface area contributed by atoms with Gasteiger partial charge in [0.25, 0.3) is 0 Å². The minimum atomic E-state index is -0.0359. The molecule has 0 bridgehead atoms. The van der Waals surface area contributed by atoms with Gasteiger partial charge < -0.3 is 0 Å². The Morgan fingerprint density at radius 3 is 2.50 bits per heavy atom. The summed E-state index contributed by atoms with van der Waals surface area (Å²) in [5.41, 5.74) is 2.22. The van der Waals surface area contributed by atoms with Gasteiger partial charge in [-0.1, -0.05) is 31.0 Å². The quantitative estimate of drug-likeness (QED) is 0.859.